The largest absolute Gasteiger partial charge is 0.198 e. The lowest BCUT2D eigenvalue weighted by atomic mass is 9.72. The van der Waals surface area contributed by atoms with Crippen molar-refractivity contribution in [1.29, 1.82) is 5.26 Å². The van der Waals surface area contributed by atoms with Crippen molar-refractivity contribution in [3.8, 4) is 6.07 Å². The van der Waals surface area contributed by atoms with E-state index in [0.29, 0.717) is 5.92 Å². The van der Waals surface area contributed by atoms with Gasteiger partial charge in [-0.05, 0) is 69.6 Å². The lowest BCUT2D eigenvalue weighted by Crippen LogP contribution is -2.19. The van der Waals surface area contributed by atoms with Gasteiger partial charge in [0, 0.05) is 0 Å². The van der Waals surface area contributed by atoms with Gasteiger partial charge in [-0.2, -0.15) is 5.26 Å². The average Bonchev–Trinajstić information content (AvgIpc) is 2.65. The first-order valence-electron chi connectivity index (χ1n) is 12.0. The minimum atomic E-state index is 0.213. The van der Waals surface area contributed by atoms with Crippen molar-refractivity contribution in [3.63, 3.8) is 0 Å². The van der Waals surface area contributed by atoms with Crippen molar-refractivity contribution >= 4 is 0 Å². The van der Waals surface area contributed by atoms with Gasteiger partial charge < -0.3 is 0 Å². The number of hydrogen-bond acceptors (Lipinski definition) is 1. The summed E-state index contributed by atoms with van der Waals surface area (Å²) < 4.78 is 0. The van der Waals surface area contributed by atoms with E-state index < -0.39 is 0 Å². The number of rotatable bonds is 9. The molecule has 27 heavy (non-hydrogen) atoms. The summed E-state index contributed by atoms with van der Waals surface area (Å²) in [6, 6.07) is 2.64. The average molecular weight is 370 g/mol. The third-order valence-corrected chi connectivity index (χ3v) is 6.94. The van der Waals surface area contributed by atoms with Crippen LogP contribution in [0, 0.1) is 29.1 Å². The molecule has 3 atom stereocenters. The van der Waals surface area contributed by atoms with Crippen LogP contribution in [-0.2, 0) is 0 Å². The van der Waals surface area contributed by atoms with Crippen molar-refractivity contribution < 1.29 is 0 Å². The minimum absolute atomic E-state index is 0.213. The molecule has 0 amide bonds. The summed E-state index contributed by atoms with van der Waals surface area (Å²) in [5.41, 5.74) is 4.95. The first-order chi connectivity index (χ1) is 13.2. The number of allylic oxidation sites excluding steroid dienone is 4. The Balaban J connectivity index is 2.20. The highest BCUT2D eigenvalue weighted by atomic mass is 14.4. The second-order valence-electron chi connectivity index (χ2n) is 9.18. The highest BCUT2D eigenvalue weighted by Crippen LogP contribution is 2.42. The van der Waals surface area contributed by atoms with Crippen molar-refractivity contribution in [2.24, 2.45) is 17.8 Å². The molecule has 2 aliphatic rings. The maximum Gasteiger partial charge on any atom is 0.0700 e. The standard InChI is InChI=1S/C26H43N/c1-4-6-7-10-13-22(18-21(3)5-2)19-23-16-17-24(20-27)26-15-12-9-8-11-14-25(23)26/h19,21,23-24H,4-18H2,1-3H3/b22-19+. The highest BCUT2D eigenvalue weighted by molar-refractivity contribution is 5.31. The van der Waals surface area contributed by atoms with Gasteiger partial charge in [0.05, 0.1) is 12.0 Å². The van der Waals surface area contributed by atoms with Crippen molar-refractivity contribution in [2.75, 3.05) is 0 Å². The number of hydrogen-bond donors (Lipinski definition) is 0. The summed E-state index contributed by atoms with van der Waals surface area (Å²) in [6.45, 7) is 7.03. The third-order valence-electron chi connectivity index (χ3n) is 6.94. The van der Waals surface area contributed by atoms with Gasteiger partial charge in [0.25, 0.3) is 0 Å². The molecule has 0 aromatic rings. The van der Waals surface area contributed by atoms with Crippen LogP contribution in [0.15, 0.2) is 22.8 Å². The first kappa shape index (κ1) is 22.3. The number of nitriles is 1. The van der Waals surface area contributed by atoms with Gasteiger partial charge in [-0.15, -0.1) is 0 Å². The van der Waals surface area contributed by atoms with Crippen LogP contribution in [0.4, 0.5) is 0 Å². The summed E-state index contributed by atoms with van der Waals surface area (Å²) in [5, 5.41) is 9.68. The molecule has 152 valence electrons. The molecule has 0 spiro atoms. The Morgan fingerprint density at radius 3 is 2.44 bits per heavy atom. The monoisotopic (exact) mass is 369 g/mol. The number of unbranched alkanes of at least 4 members (excludes halogenated alkanes) is 3. The second-order valence-corrected chi connectivity index (χ2v) is 9.18. The van der Waals surface area contributed by atoms with Gasteiger partial charge in [0.15, 0.2) is 0 Å². The van der Waals surface area contributed by atoms with E-state index in [4.69, 9.17) is 0 Å². The lowest BCUT2D eigenvalue weighted by Gasteiger charge is -2.32. The Kier molecular flexibility index (Phi) is 10.3. The third kappa shape index (κ3) is 7.14. The molecule has 0 aromatic heterocycles. The SMILES string of the molecule is CCCCCC/C(=C\C1CCC(C#N)C2=C1CCCCCC2)CC(C)CC. The molecule has 3 unspecified atom stereocenters. The zero-order chi connectivity index (χ0) is 19.5. The van der Waals surface area contributed by atoms with Crippen LogP contribution in [0.5, 0.6) is 0 Å². The quantitative estimate of drug-likeness (QED) is 0.295. The van der Waals surface area contributed by atoms with Crippen LogP contribution in [-0.4, -0.2) is 0 Å². The van der Waals surface area contributed by atoms with Crippen molar-refractivity contribution in [1.82, 2.24) is 0 Å². The Morgan fingerprint density at radius 2 is 1.78 bits per heavy atom. The van der Waals surface area contributed by atoms with E-state index in [1.807, 2.05) is 0 Å². The molecule has 0 aliphatic heterocycles. The molecule has 0 radical (unpaired) electrons. The molecule has 2 aliphatic carbocycles. The van der Waals surface area contributed by atoms with Gasteiger partial charge in [0.2, 0.25) is 0 Å². The van der Waals surface area contributed by atoms with E-state index in [9.17, 15) is 5.26 Å². The molecule has 2 rings (SSSR count). The summed E-state index contributed by atoms with van der Waals surface area (Å²) in [4.78, 5) is 0. The van der Waals surface area contributed by atoms with Crippen LogP contribution in [0.2, 0.25) is 0 Å². The highest BCUT2D eigenvalue weighted by Gasteiger charge is 2.29. The van der Waals surface area contributed by atoms with Crippen LogP contribution < -0.4 is 0 Å². The van der Waals surface area contributed by atoms with E-state index in [1.165, 1.54) is 89.9 Å². The van der Waals surface area contributed by atoms with Crippen LogP contribution in [0.25, 0.3) is 0 Å². The fraction of sp³-hybridized carbons (Fsp3) is 0.808. The molecular weight excluding hydrogens is 326 g/mol. The van der Waals surface area contributed by atoms with Crippen LogP contribution >= 0.6 is 0 Å². The smallest absolute Gasteiger partial charge is 0.0700 e. The number of nitrogens with zero attached hydrogens (tertiary/aromatic N) is 1. The summed E-state index contributed by atoms with van der Waals surface area (Å²) in [7, 11) is 0. The van der Waals surface area contributed by atoms with Gasteiger partial charge in [0.1, 0.15) is 0 Å². The molecule has 0 saturated heterocycles. The second kappa shape index (κ2) is 12.4. The van der Waals surface area contributed by atoms with Gasteiger partial charge >= 0.3 is 0 Å². The molecule has 0 saturated carbocycles. The van der Waals surface area contributed by atoms with Crippen molar-refractivity contribution in [3.05, 3.63) is 22.8 Å². The van der Waals surface area contributed by atoms with E-state index >= 15 is 0 Å². The van der Waals surface area contributed by atoms with Crippen LogP contribution in [0.3, 0.4) is 0 Å². The minimum Gasteiger partial charge on any atom is -0.198 e. The van der Waals surface area contributed by atoms with Crippen LogP contribution in [0.1, 0.15) is 117 Å². The van der Waals surface area contributed by atoms with E-state index in [2.05, 4.69) is 32.9 Å². The fourth-order valence-electron chi connectivity index (χ4n) is 5.06. The molecule has 1 nitrogen and oxygen atoms in total. The Labute approximate surface area is 169 Å². The molecule has 1 heteroatoms. The van der Waals surface area contributed by atoms with Gasteiger partial charge in [-0.3, -0.25) is 0 Å². The normalized spacial score (nSPS) is 25.3. The van der Waals surface area contributed by atoms with Gasteiger partial charge in [-0.25, -0.2) is 0 Å². The predicted molar refractivity (Wildman–Crippen MR) is 117 cm³/mol. The summed E-state index contributed by atoms with van der Waals surface area (Å²) in [6.07, 6.45) is 22.1. The molecule has 0 heterocycles. The van der Waals surface area contributed by atoms with Crippen molar-refractivity contribution in [2.45, 2.75) is 117 Å². The zero-order valence-corrected chi connectivity index (χ0v) is 18.4. The van der Waals surface area contributed by atoms with Gasteiger partial charge in [-0.1, -0.05) is 82.1 Å². The predicted octanol–water partition coefficient (Wildman–Crippen LogP) is 8.52. The molecular formula is C26H43N. The topological polar surface area (TPSA) is 23.8 Å². The Morgan fingerprint density at radius 1 is 1.04 bits per heavy atom. The first-order valence-corrected chi connectivity index (χ1v) is 12.0. The molecule has 0 fully saturated rings. The van der Waals surface area contributed by atoms with E-state index in [0.717, 1.165) is 12.3 Å². The van der Waals surface area contributed by atoms with E-state index in [1.54, 1.807) is 16.7 Å². The summed E-state index contributed by atoms with van der Waals surface area (Å²) in [5.74, 6) is 1.64. The molecule has 0 aromatic carbocycles. The lowest BCUT2D eigenvalue weighted by molar-refractivity contribution is 0.454. The summed E-state index contributed by atoms with van der Waals surface area (Å²) >= 11 is 0. The Hall–Kier alpha value is -1.03. The fourth-order valence-corrected chi connectivity index (χ4v) is 5.06. The molecule has 0 N–H and O–H groups in total. The van der Waals surface area contributed by atoms with E-state index in [-0.39, 0.29) is 5.92 Å². The Bertz CT molecular complexity index is 533. The maximum atomic E-state index is 9.68. The maximum absolute atomic E-state index is 9.68. The molecule has 0 bridgehead atoms. The zero-order valence-electron chi connectivity index (χ0n) is 18.4.